The van der Waals surface area contributed by atoms with Crippen molar-refractivity contribution in [2.75, 3.05) is 5.32 Å². The summed E-state index contributed by atoms with van der Waals surface area (Å²) in [6.45, 7) is 4.53. The topological polar surface area (TPSA) is 38.3 Å². The van der Waals surface area contributed by atoms with Crippen molar-refractivity contribution in [3.8, 4) is 5.75 Å². The molecule has 0 heterocycles. The molecule has 0 aromatic heterocycles. The molecule has 1 aliphatic carbocycles. The van der Waals surface area contributed by atoms with Gasteiger partial charge in [-0.25, -0.2) is 0 Å². The Morgan fingerprint density at radius 3 is 2.24 bits per heavy atom. The lowest BCUT2D eigenvalue weighted by Gasteiger charge is -2.37. The minimum absolute atomic E-state index is 0.0109. The number of halogens is 2. The van der Waals surface area contributed by atoms with E-state index in [-0.39, 0.29) is 5.91 Å². The molecule has 0 aliphatic heterocycles. The molecule has 1 N–H and O–H groups in total. The van der Waals surface area contributed by atoms with Gasteiger partial charge >= 0.3 is 0 Å². The van der Waals surface area contributed by atoms with E-state index in [9.17, 15) is 4.79 Å². The minimum Gasteiger partial charge on any atom is -0.488 e. The van der Waals surface area contributed by atoms with Crippen LogP contribution in [0.2, 0.25) is 10.0 Å². The zero-order chi connectivity index (χ0) is 23.4. The first-order valence-corrected chi connectivity index (χ1v) is 12.2. The first-order valence-electron chi connectivity index (χ1n) is 11.4. The second kappa shape index (κ2) is 10.2. The molecule has 4 rings (SSSR count). The predicted octanol–water partition coefficient (Wildman–Crippen LogP) is 8.03. The maximum absolute atomic E-state index is 13.7. The molecule has 1 aliphatic rings. The number of nitrogens with one attached hydrogen (secondary N) is 1. The lowest BCUT2D eigenvalue weighted by molar-refractivity contribution is -0.122. The average Bonchev–Trinajstić information content (AvgIpc) is 2.79. The summed E-state index contributed by atoms with van der Waals surface area (Å²) in [6.07, 6.45) is 4.67. The quantitative estimate of drug-likeness (QED) is 0.386. The third-order valence-corrected chi connectivity index (χ3v) is 7.08. The Morgan fingerprint density at radius 1 is 0.939 bits per heavy atom. The summed E-state index contributed by atoms with van der Waals surface area (Å²) in [4.78, 5) is 13.7. The Kier molecular flexibility index (Phi) is 7.31. The van der Waals surface area contributed by atoms with Crippen LogP contribution in [0.5, 0.6) is 5.75 Å². The molecule has 33 heavy (non-hydrogen) atoms. The van der Waals surface area contributed by atoms with E-state index in [0.29, 0.717) is 16.7 Å². The van der Waals surface area contributed by atoms with E-state index in [1.807, 2.05) is 68.4 Å². The number of carbonyl (C=O) groups is 1. The summed E-state index contributed by atoms with van der Waals surface area (Å²) in [7, 11) is 0. The first-order chi connectivity index (χ1) is 15.9. The first kappa shape index (κ1) is 23.7. The normalized spacial score (nSPS) is 15.2. The minimum atomic E-state index is -0.649. The van der Waals surface area contributed by atoms with E-state index in [2.05, 4.69) is 5.32 Å². The van der Waals surface area contributed by atoms with Crippen molar-refractivity contribution in [2.45, 2.75) is 58.0 Å². The van der Waals surface area contributed by atoms with Crippen molar-refractivity contribution in [3.05, 3.63) is 93.0 Å². The largest absolute Gasteiger partial charge is 0.488 e. The summed E-state index contributed by atoms with van der Waals surface area (Å²) in [5, 5.41) is 4.32. The fourth-order valence-corrected chi connectivity index (χ4v) is 5.47. The number of benzene rings is 3. The van der Waals surface area contributed by atoms with E-state index in [0.717, 1.165) is 65.8 Å². The number of hydrogen-bond acceptors (Lipinski definition) is 2. The van der Waals surface area contributed by atoms with Gasteiger partial charge in [0.25, 0.3) is 0 Å². The van der Waals surface area contributed by atoms with E-state index in [1.54, 1.807) is 6.07 Å². The van der Waals surface area contributed by atoms with Crippen LogP contribution in [0.25, 0.3) is 0 Å². The molecule has 1 fully saturated rings. The number of amides is 1. The number of rotatable bonds is 6. The maximum Gasteiger partial charge on any atom is 0.235 e. The molecule has 5 heteroatoms. The fraction of sp³-hybridized carbons (Fsp3) is 0.321. The van der Waals surface area contributed by atoms with Crippen LogP contribution in [0.15, 0.2) is 60.7 Å². The van der Waals surface area contributed by atoms with Gasteiger partial charge in [0.15, 0.2) is 0 Å². The number of anilines is 1. The molecule has 0 atom stereocenters. The molecule has 1 amide bonds. The maximum atomic E-state index is 13.7. The third kappa shape index (κ3) is 5.20. The van der Waals surface area contributed by atoms with Crippen LogP contribution in [0.1, 0.15) is 54.4 Å². The molecule has 3 aromatic rings. The average molecular weight is 482 g/mol. The van der Waals surface area contributed by atoms with Crippen LogP contribution in [0, 0.1) is 13.8 Å². The van der Waals surface area contributed by atoms with Crippen molar-refractivity contribution in [3.63, 3.8) is 0 Å². The monoisotopic (exact) mass is 481 g/mol. The third-order valence-electron chi connectivity index (χ3n) is 6.53. The highest BCUT2D eigenvalue weighted by atomic mass is 35.5. The zero-order valence-corrected chi connectivity index (χ0v) is 20.6. The second-order valence-electron chi connectivity index (χ2n) is 8.93. The molecule has 3 nitrogen and oxygen atoms in total. The van der Waals surface area contributed by atoms with Crippen molar-refractivity contribution >= 4 is 34.8 Å². The van der Waals surface area contributed by atoms with Gasteiger partial charge in [-0.15, -0.1) is 0 Å². The van der Waals surface area contributed by atoms with Gasteiger partial charge in [0.1, 0.15) is 12.4 Å². The Morgan fingerprint density at radius 2 is 1.61 bits per heavy atom. The summed E-state index contributed by atoms with van der Waals surface area (Å²) in [5.41, 5.74) is 4.09. The molecule has 0 bridgehead atoms. The number of hydrogen-bond donors (Lipinski definition) is 1. The van der Waals surface area contributed by atoms with Crippen molar-refractivity contribution in [1.82, 2.24) is 0 Å². The van der Waals surface area contributed by atoms with Gasteiger partial charge in [0, 0.05) is 15.7 Å². The number of ether oxygens (including phenoxy) is 1. The van der Waals surface area contributed by atoms with Crippen molar-refractivity contribution < 1.29 is 9.53 Å². The molecule has 3 aromatic carbocycles. The lowest BCUT2D eigenvalue weighted by Crippen LogP contribution is -2.42. The van der Waals surface area contributed by atoms with E-state index < -0.39 is 5.41 Å². The number of carbonyl (C=O) groups excluding carboxylic acids is 1. The summed E-state index contributed by atoms with van der Waals surface area (Å²) >= 11 is 12.7. The Labute approximate surface area is 206 Å². The van der Waals surface area contributed by atoms with Crippen LogP contribution in [-0.2, 0) is 16.8 Å². The van der Waals surface area contributed by atoms with Crippen molar-refractivity contribution in [1.29, 1.82) is 0 Å². The number of aryl methyl sites for hydroxylation is 2. The summed E-state index contributed by atoms with van der Waals surface area (Å²) in [5.74, 6) is 0.841. The highest BCUT2D eigenvalue weighted by Crippen LogP contribution is 2.44. The highest BCUT2D eigenvalue weighted by Gasteiger charge is 2.42. The molecule has 0 radical (unpaired) electrons. The van der Waals surface area contributed by atoms with Gasteiger partial charge in [-0.2, -0.15) is 0 Å². The molecular weight excluding hydrogens is 453 g/mol. The van der Waals surface area contributed by atoms with Gasteiger partial charge in [0.05, 0.1) is 5.41 Å². The molecule has 0 unspecified atom stereocenters. The smallest absolute Gasteiger partial charge is 0.235 e. The SMILES string of the molecule is Cc1cc(NC(=O)C2(c3ccc(Cl)cc3Cl)CCCCC2)cc(C)c1OCc1ccccc1. The van der Waals surface area contributed by atoms with E-state index >= 15 is 0 Å². The fourth-order valence-electron chi connectivity index (χ4n) is 4.88. The van der Waals surface area contributed by atoms with Gasteiger partial charge in [-0.1, -0.05) is 78.9 Å². The van der Waals surface area contributed by atoms with Gasteiger partial charge < -0.3 is 10.1 Å². The Hall–Kier alpha value is -2.49. The molecule has 0 saturated heterocycles. The molecular formula is C28H29Cl2NO2. The van der Waals surface area contributed by atoms with Crippen LogP contribution < -0.4 is 10.1 Å². The van der Waals surface area contributed by atoms with Gasteiger partial charge in [-0.3, -0.25) is 4.79 Å². The molecule has 0 spiro atoms. The predicted molar refractivity (Wildman–Crippen MR) is 137 cm³/mol. The van der Waals surface area contributed by atoms with Gasteiger partial charge in [0.2, 0.25) is 5.91 Å². The Balaban J connectivity index is 1.57. The summed E-state index contributed by atoms with van der Waals surface area (Å²) < 4.78 is 6.10. The molecule has 1 saturated carbocycles. The van der Waals surface area contributed by atoms with Crippen LogP contribution in [0.4, 0.5) is 5.69 Å². The highest BCUT2D eigenvalue weighted by molar-refractivity contribution is 6.35. The lowest BCUT2D eigenvalue weighted by atomic mass is 9.68. The van der Waals surface area contributed by atoms with Gasteiger partial charge in [-0.05, 0) is 73.2 Å². The van der Waals surface area contributed by atoms with Crippen LogP contribution in [0.3, 0.4) is 0 Å². The standard InChI is InChI=1S/C28H29Cl2NO2/c1-19-15-23(16-20(2)26(19)33-18-21-9-5-3-6-10-21)31-27(32)28(13-7-4-8-14-28)24-12-11-22(29)17-25(24)30/h3,5-6,9-12,15-17H,4,7-8,13-14,18H2,1-2H3,(H,31,32). The van der Waals surface area contributed by atoms with E-state index in [1.165, 1.54) is 0 Å². The van der Waals surface area contributed by atoms with Crippen molar-refractivity contribution in [2.24, 2.45) is 0 Å². The summed E-state index contributed by atoms with van der Waals surface area (Å²) in [6, 6.07) is 19.5. The van der Waals surface area contributed by atoms with Crippen LogP contribution in [-0.4, -0.2) is 5.91 Å². The zero-order valence-electron chi connectivity index (χ0n) is 19.1. The van der Waals surface area contributed by atoms with E-state index in [4.69, 9.17) is 27.9 Å². The Bertz CT molecular complexity index is 1110. The van der Waals surface area contributed by atoms with Crippen LogP contribution >= 0.6 is 23.2 Å². The second-order valence-corrected chi connectivity index (χ2v) is 9.78. The molecule has 172 valence electrons.